The fraction of sp³-hybridized carbons (Fsp3) is 0.400. The van der Waals surface area contributed by atoms with Crippen molar-refractivity contribution in [2.45, 2.75) is 12.3 Å². The Morgan fingerprint density at radius 1 is 1.54 bits per heavy atom. The van der Waals surface area contributed by atoms with Gasteiger partial charge in [-0.15, -0.1) is 0 Å². The number of hydrogen-bond donors (Lipinski definition) is 1. The molecule has 0 aromatic heterocycles. The molecule has 1 unspecified atom stereocenters. The summed E-state index contributed by atoms with van der Waals surface area (Å²) in [5.41, 5.74) is 0.912. The van der Waals surface area contributed by atoms with Crippen LogP contribution < -0.4 is 4.74 Å². The molecule has 1 aliphatic heterocycles. The summed E-state index contributed by atoms with van der Waals surface area (Å²) in [5.74, 6) is 0.381. The maximum absolute atomic E-state index is 12.8. The van der Waals surface area contributed by atoms with Gasteiger partial charge in [0.05, 0.1) is 13.2 Å². The maximum Gasteiger partial charge on any atom is 0.126 e. The van der Waals surface area contributed by atoms with Crippen molar-refractivity contribution in [1.29, 1.82) is 0 Å². The molecular weight excluding hydrogens is 171 g/mol. The van der Waals surface area contributed by atoms with Crippen LogP contribution in [0, 0.1) is 5.82 Å². The minimum atomic E-state index is -0.294. The Bertz CT molecular complexity index is 312. The van der Waals surface area contributed by atoms with E-state index >= 15 is 0 Å². The summed E-state index contributed by atoms with van der Waals surface area (Å²) in [4.78, 5) is 0. The Morgan fingerprint density at radius 3 is 3.15 bits per heavy atom. The molecule has 0 bridgehead atoms. The average molecular weight is 182 g/mol. The van der Waals surface area contributed by atoms with Crippen LogP contribution in [-0.2, 0) is 0 Å². The number of aliphatic hydroxyl groups is 1. The molecule has 1 N–H and O–H groups in total. The zero-order chi connectivity index (χ0) is 9.26. The van der Waals surface area contributed by atoms with Gasteiger partial charge in [-0.1, -0.05) is 6.07 Å². The first kappa shape index (κ1) is 8.51. The van der Waals surface area contributed by atoms with Crippen LogP contribution in [-0.4, -0.2) is 18.3 Å². The predicted molar refractivity (Wildman–Crippen MR) is 46.3 cm³/mol. The van der Waals surface area contributed by atoms with E-state index < -0.39 is 0 Å². The number of hydrogen-bond acceptors (Lipinski definition) is 2. The van der Waals surface area contributed by atoms with Crippen molar-refractivity contribution >= 4 is 0 Å². The Hall–Kier alpha value is -1.09. The Labute approximate surface area is 76.0 Å². The Kier molecular flexibility index (Phi) is 2.19. The van der Waals surface area contributed by atoms with Gasteiger partial charge in [0, 0.05) is 12.0 Å². The summed E-state index contributed by atoms with van der Waals surface area (Å²) < 4.78 is 18.1. The van der Waals surface area contributed by atoms with E-state index in [-0.39, 0.29) is 18.3 Å². The lowest BCUT2D eigenvalue weighted by Crippen LogP contribution is -2.16. The van der Waals surface area contributed by atoms with Crippen molar-refractivity contribution < 1.29 is 14.2 Å². The summed E-state index contributed by atoms with van der Waals surface area (Å²) in [5, 5.41) is 9.06. The van der Waals surface area contributed by atoms with Crippen molar-refractivity contribution in [1.82, 2.24) is 0 Å². The smallest absolute Gasteiger partial charge is 0.126 e. The first-order valence-corrected chi connectivity index (χ1v) is 4.34. The highest BCUT2D eigenvalue weighted by molar-refractivity contribution is 5.38. The van der Waals surface area contributed by atoms with E-state index in [2.05, 4.69) is 0 Å². The molecule has 0 aliphatic carbocycles. The van der Waals surface area contributed by atoms with Crippen molar-refractivity contribution in [2.75, 3.05) is 13.2 Å². The number of rotatable bonds is 1. The summed E-state index contributed by atoms with van der Waals surface area (Å²) in [6.07, 6.45) is 0.801. The number of halogens is 1. The molecule has 70 valence electrons. The molecule has 2 rings (SSSR count). The normalized spacial score (nSPS) is 20.6. The lowest BCUT2D eigenvalue weighted by Gasteiger charge is -2.24. The molecule has 3 heteroatoms. The molecule has 0 amide bonds. The summed E-state index contributed by atoms with van der Waals surface area (Å²) in [6, 6.07) is 4.46. The Morgan fingerprint density at radius 2 is 2.38 bits per heavy atom. The highest BCUT2D eigenvalue weighted by Crippen LogP contribution is 2.33. The lowest BCUT2D eigenvalue weighted by molar-refractivity contribution is 0.204. The molecule has 2 nitrogen and oxygen atoms in total. The average Bonchev–Trinajstić information content (AvgIpc) is 2.16. The van der Waals surface area contributed by atoms with E-state index in [0.717, 1.165) is 12.0 Å². The molecule has 1 atom stereocenters. The van der Waals surface area contributed by atoms with Crippen molar-refractivity contribution in [2.24, 2.45) is 0 Å². The third-order valence-corrected chi connectivity index (χ3v) is 2.36. The van der Waals surface area contributed by atoms with Crippen molar-refractivity contribution in [3.63, 3.8) is 0 Å². The van der Waals surface area contributed by atoms with Gasteiger partial charge in [0.15, 0.2) is 0 Å². The van der Waals surface area contributed by atoms with Gasteiger partial charge in [0.25, 0.3) is 0 Å². The third-order valence-electron chi connectivity index (χ3n) is 2.36. The molecule has 0 spiro atoms. The van der Waals surface area contributed by atoms with E-state index in [1.54, 1.807) is 6.07 Å². The molecule has 1 aromatic carbocycles. The second-order valence-corrected chi connectivity index (χ2v) is 3.20. The van der Waals surface area contributed by atoms with Gasteiger partial charge in [-0.25, -0.2) is 4.39 Å². The van der Waals surface area contributed by atoms with Gasteiger partial charge < -0.3 is 9.84 Å². The summed E-state index contributed by atoms with van der Waals surface area (Å²) in [6.45, 7) is 0.656. The highest BCUT2D eigenvalue weighted by atomic mass is 19.1. The number of aliphatic hydroxyl groups excluding tert-OH is 1. The molecule has 0 saturated carbocycles. The van der Waals surface area contributed by atoms with Crippen LogP contribution in [0.15, 0.2) is 18.2 Å². The van der Waals surface area contributed by atoms with Crippen LogP contribution in [0.3, 0.4) is 0 Å². The van der Waals surface area contributed by atoms with E-state index in [4.69, 9.17) is 9.84 Å². The molecule has 0 radical (unpaired) electrons. The zero-order valence-electron chi connectivity index (χ0n) is 7.16. The molecule has 1 heterocycles. The minimum absolute atomic E-state index is 0.0992. The highest BCUT2D eigenvalue weighted by Gasteiger charge is 2.20. The van der Waals surface area contributed by atoms with Gasteiger partial charge in [0.2, 0.25) is 0 Å². The van der Waals surface area contributed by atoms with Crippen LogP contribution in [0.1, 0.15) is 17.9 Å². The van der Waals surface area contributed by atoms with E-state index in [1.165, 1.54) is 12.1 Å². The van der Waals surface area contributed by atoms with Crippen LogP contribution >= 0.6 is 0 Å². The van der Waals surface area contributed by atoms with Gasteiger partial charge >= 0.3 is 0 Å². The number of fused-ring (bicyclic) bond motifs is 1. The summed E-state index contributed by atoms with van der Waals surface area (Å²) >= 11 is 0. The van der Waals surface area contributed by atoms with Crippen LogP contribution in [0.5, 0.6) is 5.75 Å². The standard InChI is InChI=1S/C10H11FO2/c11-8-1-2-9-7(6-12)3-4-13-10(9)5-8/h1-2,5,7,12H,3-4,6H2. The second-order valence-electron chi connectivity index (χ2n) is 3.20. The number of ether oxygens (including phenoxy) is 1. The van der Waals surface area contributed by atoms with Crippen LogP contribution in [0.25, 0.3) is 0 Å². The minimum Gasteiger partial charge on any atom is -0.493 e. The predicted octanol–water partition coefficient (Wildman–Crippen LogP) is 1.68. The van der Waals surface area contributed by atoms with Gasteiger partial charge in [-0.2, -0.15) is 0 Å². The van der Waals surface area contributed by atoms with Gasteiger partial charge in [-0.05, 0) is 18.1 Å². The van der Waals surface area contributed by atoms with Crippen LogP contribution in [0.4, 0.5) is 4.39 Å². The first-order valence-electron chi connectivity index (χ1n) is 4.34. The number of benzene rings is 1. The van der Waals surface area contributed by atoms with E-state index in [1.807, 2.05) is 0 Å². The largest absolute Gasteiger partial charge is 0.493 e. The molecule has 1 aromatic rings. The second kappa shape index (κ2) is 3.34. The third kappa shape index (κ3) is 1.52. The van der Waals surface area contributed by atoms with E-state index in [0.29, 0.717) is 12.4 Å². The quantitative estimate of drug-likeness (QED) is 0.716. The maximum atomic E-state index is 12.8. The van der Waals surface area contributed by atoms with Gasteiger partial charge in [-0.3, -0.25) is 0 Å². The van der Waals surface area contributed by atoms with Gasteiger partial charge in [0.1, 0.15) is 11.6 Å². The fourth-order valence-electron chi connectivity index (χ4n) is 1.63. The lowest BCUT2D eigenvalue weighted by atomic mass is 9.94. The zero-order valence-corrected chi connectivity index (χ0v) is 7.16. The topological polar surface area (TPSA) is 29.5 Å². The molecule has 0 saturated heterocycles. The molecule has 13 heavy (non-hydrogen) atoms. The molecular formula is C10H11FO2. The SMILES string of the molecule is OCC1CCOc2cc(F)ccc21. The summed E-state index contributed by atoms with van der Waals surface area (Å²) in [7, 11) is 0. The Balaban J connectivity index is 2.40. The fourth-order valence-corrected chi connectivity index (χ4v) is 1.63. The molecule has 1 aliphatic rings. The van der Waals surface area contributed by atoms with Crippen molar-refractivity contribution in [3.05, 3.63) is 29.6 Å². The van der Waals surface area contributed by atoms with E-state index in [9.17, 15) is 4.39 Å². The molecule has 0 fully saturated rings. The van der Waals surface area contributed by atoms with Crippen molar-refractivity contribution in [3.8, 4) is 5.75 Å². The van der Waals surface area contributed by atoms with Crippen LogP contribution in [0.2, 0.25) is 0 Å². The first-order chi connectivity index (χ1) is 6.31. The monoisotopic (exact) mass is 182 g/mol.